The van der Waals surface area contributed by atoms with Gasteiger partial charge >= 0.3 is 5.97 Å². The van der Waals surface area contributed by atoms with Crippen LogP contribution in [0.1, 0.15) is 50.6 Å². The van der Waals surface area contributed by atoms with Crippen molar-refractivity contribution in [3.8, 4) is 0 Å². The highest BCUT2D eigenvalue weighted by molar-refractivity contribution is 6.30. The Morgan fingerprint density at radius 2 is 1.95 bits per heavy atom. The first-order chi connectivity index (χ1) is 9.70. The molecule has 4 heteroatoms. The molecule has 110 valence electrons. The maximum atomic E-state index is 12.2. The summed E-state index contributed by atoms with van der Waals surface area (Å²) in [5.74, 6) is -0.208. The molecule has 1 aromatic carbocycles. The van der Waals surface area contributed by atoms with Crippen molar-refractivity contribution in [3.05, 3.63) is 34.9 Å². The average Bonchev–Trinajstić information content (AvgIpc) is 2.47. The van der Waals surface area contributed by atoms with Crippen LogP contribution in [-0.2, 0) is 9.53 Å². The smallest absolute Gasteiger partial charge is 0.327 e. The number of hydrogen-bond donors (Lipinski definition) is 1. The molecule has 1 saturated carbocycles. The minimum atomic E-state index is -0.393. The van der Waals surface area contributed by atoms with Crippen molar-refractivity contribution >= 4 is 17.6 Å². The molecule has 0 aliphatic heterocycles. The Morgan fingerprint density at radius 3 is 2.55 bits per heavy atom. The van der Waals surface area contributed by atoms with Crippen LogP contribution in [0.25, 0.3) is 0 Å². The lowest BCUT2D eigenvalue weighted by atomic mass is 9.94. The Morgan fingerprint density at radius 1 is 1.30 bits per heavy atom. The number of carbonyl (C=O) groups excluding carboxylic acids is 1. The molecule has 1 aliphatic rings. The van der Waals surface area contributed by atoms with Crippen LogP contribution in [0.5, 0.6) is 0 Å². The zero-order valence-corrected chi connectivity index (χ0v) is 12.7. The number of nitrogens with one attached hydrogen (secondary N) is 1. The van der Waals surface area contributed by atoms with E-state index in [1.54, 1.807) is 0 Å². The quantitative estimate of drug-likeness (QED) is 0.838. The topological polar surface area (TPSA) is 38.3 Å². The fourth-order valence-corrected chi connectivity index (χ4v) is 2.81. The summed E-state index contributed by atoms with van der Waals surface area (Å²) in [7, 11) is 0. The van der Waals surface area contributed by atoms with Crippen molar-refractivity contribution < 1.29 is 9.53 Å². The SMILES string of the molecule is CCOC(=O)C(NC1CCCCC1)c1ccc(Cl)cc1. The number of carbonyl (C=O) groups is 1. The second kappa shape index (κ2) is 7.65. The summed E-state index contributed by atoms with van der Waals surface area (Å²) in [5, 5.41) is 4.13. The van der Waals surface area contributed by atoms with Crippen molar-refractivity contribution in [2.75, 3.05) is 6.61 Å². The van der Waals surface area contributed by atoms with Gasteiger partial charge in [0.25, 0.3) is 0 Å². The molecule has 0 amide bonds. The van der Waals surface area contributed by atoms with Gasteiger partial charge in [-0.25, -0.2) is 4.79 Å². The normalized spacial score (nSPS) is 17.7. The third-order valence-corrected chi connectivity index (χ3v) is 3.99. The molecule has 0 heterocycles. The second-order valence-corrected chi connectivity index (χ2v) is 5.67. The fourth-order valence-electron chi connectivity index (χ4n) is 2.69. The Labute approximate surface area is 125 Å². The summed E-state index contributed by atoms with van der Waals surface area (Å²) in [4.78, 5) is 12.2. The molecule has 20 heavy (non-hydrogen) atoms. The first kappa shape index (κ1) is 15.3. The highest BCUT2D eigenvalue weighted by Gasteiger charge is 2.25. The number of benzene rings is 1. The Kier molecular flexibility index (Phi) is 5.86. The van der Waals surface area contributed by atoms with E-state index in [0.717, 1.165) is 18.4 Å². The van der Waals surface area contributed by atoms with Gasteiger partial charge in [0.2, 0.25) is 0 Å². The molecule has 0 radical (unpaired) electrons. The maximum Gasteiger partial charge on any atom is 0.327 e. The van der Waals surface area contributed by atoms with Gasteiger partial charge in [-0.05, 0) is 37.5 Å². The molecule has 0 saturated heterocycles. The molecule has 2 rings (SSSR count). The summed E-state index contributed by atoms with van der Waals surface area (Å²) in [6.45, 7) is 2.23. The van der Waals surface area contributed by atoms with Crippen molar-refractivity contribution in [3.63, 3.8) is 0 Å². The van der Waals surface area contributed by atoms with E-state index >= 15 is 0 Å². The van der Waals surface area contributed by atoms with E-state index in [4.69, 9.17) is 16.3 Å². The van der Waals surface area contributed by atoms with Crippen LogP contribution in [-0.4, -0.2) is 18.6 Å². The molecule has 1 aromatic rings. The maximum absolute atomic E-state index is 12.2. The van der Waals surface area contributed by atoms with Crippen LogP contribution < -0.4 is 5.32 Å². The lowest BCUT2D eigenvalue weighted by molar-refractivity contribution is -0.146. The Bertz CT molecular complexity index is 427. The van der Waals surface area contributed by atoms with Gasteiger partial charge < -0.3 is 4.74 Å². The van der Waals surface area contributed by atoms with E-state index in [1.165, 1.54) is 19.3 Å². The summed E-state index contributed by atoms with van der Waals surface area (Å²) in [5.41, 5.74) is 0.915. The second-order valence-electron chi connectivity index (χ2n) is 5.24. The highest BCUT2D eigenvalue weighted by atomic mass is 35.5. The van der Waals surface area contributed by atoms with E-state index in [2.05, 4.69) is 5.32 Å². The van der Waals surface area contributed by atoms with Crippen molar-refractivity contribution in [2.45, 2.75) is 51.1 Å². The average molecular weight is 296 g/mol. The van der Waals surface area contributed by atoms with Gasteiger partial charge in [0.05, 0.1) is 6.61 Å². The van der Waals surface area contributed by atoms with E-state index in [-0.39, 0.29) is 5.97 Å². The van der Waals surface area contributed by atoms with E-state index in [1.807, 2.05) is 31.2 Å². The van der Waals surface area contributed by atoms with Gasteiger partial charge in [0, 0.05) is 11.1 Å². The monoisotopic (exact) mass is 295 g/mol. The minimum Gasteiger partial charge on any atom is -0.465 e. The van der Waals surface area contributed by atoms with Crippen molar-refractivity contribution in [1.82, 2.24) is 5.32 Å². The molecule has 1 fully saturated rings. The summed E-state index contributed by atoms with van der Waals surface area (Å²) < 4.78 is 5.20. The first-order valence-electron chi connectivity index (χ1n) is 7.39. The van der Waals surface area contributed by atoms with Gasteiger partial charge in [0.15, 0.2) is 0 Å². The van der Waals surface area contributed by atoms with Crippen molar-refractivity contribution in [2.24, 2.45) is 0 Å². The summed E-state index contributed by atoms with van der Waals surface area (Å²) in [6, 6.07) is 7.40. The van der Waals surface area contributed by atoms with Crippen LogP contribution >= 0.6 is 11.6 Å². The molecule has 1 N–H and O–H groups in total. The van der Waals surface area contributed by atoms with E-state index < -0.39 is 6.04 Å². The molecular weight excluding hydrogens is 274 g/mol. The lowest BCUT2D eigenvalue weighted by Gasteiger charge is -2.27. The zero-order valence-electron chi connectivity index (χ0n) is 11.9. The Balaban J connectivity index is 2.10. The largest absolute Gasteiger partial charge is 0.465 e. The molecule has 0 aromatic heterocycles. The molecular formula is C16H22ClNO2. The molecule has 1 aliphatic carbocycles. The molecule has 1 unspecified atom stereocenters. The number of hydrogen-bond acceptors (Lipinski definition) is 3. The zero-order chi connectivity index (χ0) is 14.4. The van der Waals surface area contributed by atoms with Gasteiger partial charge in [0.1, 0.15) is 6.04 Å². The van der Waals surface area contributed by atoms with Gasteiger partial charge in [-0.1, -0.05) is 43.0 Å². The summed E-state index contributed by atoms with van der Waals surface area (Å²) in [6.07, 6.45) is 6.01. The molecule has 3 nitrogen and oxygen atoms in total. The molecule has 1 atom stereocenters. The van der Waals surface area contributed by atoms with Crippen LogP contribution in [0.4, 0.5) is 0 Å². The summed E-state index contributed by atoms with van der Waals surface area (Å²) >= 11 is 5.91. The minimum absolute atomic E-state index is 0.208. The predicted octanol–water partition coefficient (Wildman–Crippen LogP) is 3.87. The van der Waals surface area contributed by atoms with Crippen molar-refractivity contribution in [1.29, 1.82) is 0 Å². The predicted molar refractivity (Wildman–Crippen MR) is 80.8 cm³/mol. The van der Waals surface area contributed by atoms with Crippen LogP contribution in [0.2, 0.25) is 5.02 Å². The van der Waals surface area contributed by atoms with Crippen LogP contribution in [0.3, 0.4) is 0 Å². The third-order valence-electron chi connectivity index (χ3n) is 3.73. The van der Waals surface area contributed by atoms with Gasteiger partial charge in [-0.15, -0.1) is 0 Å². The fraction of sp³-hybridized carbons (Fsp3) is 0.562. The number of halogens is 1. The van der Waals surface area contributed by atoms with Gasteiger partial charge in [-0.2, -0.15) is 0 Å². The highest BCUT2D eigenvalue weighted by Crippen LogP contribution is 2.23. The lowest BCUT2D eigenvalue weighted by Crippen LogP contribution is -2.39. The Hall–Kier alpha value is -1.06. The van der Waals surface area contributed by atoms with Gasteiger partial charge in [-0.3, -0.25) is 5.32 Å². The van der Waals surface area contributed by atoms with E-state index in [0.29, 0.717) is 17.7 Å². The standard InChI is InChI=1S/C16H22ClNO2/c1-2-20-16(19)15(12-8-10-13(17)11-9-12)18-14-6-4-3-5-7-14/h8-11,14-15,18H,2-7H2,1H3. The van der Waals surface area contributed by atoms with E-state index in [9.17, 15) is 4.79 Å². The number of esters is 1. The third kappa shape index (κ3) is 4.22. The molecule has 0 spiro atoms. The molecule has 0 bridgehead atoms. The number of ether oxygens (including phenoxy) is 1. The first-order valence-corrected chi connectivity index (χ1v) is 7.76. The van der Waals surface area contributed by atoms with Crippen LogP contribution in [0.15, 0.2) is 24.3 Å². The number of rotatable bonds is 5. The van der Waals surface area contributed by atoms with Crippen LogP contribution in [0, 0.1) is 0 Å².